The molecule has 0 N–H and O–H groups in total. The van der Waals surface area contributed by atoms with Crippen LogP contribution >= 0.6 is 20.2 Å². The van der Waals surface area contributed by atoms with Crippen LogP contribution in [0.15, 0.2) is 30.3 Å². The average Bonchev–Trinajstić information content (AvgIpc) is 2.75. The Hall–Kier alpha value is -1.17. The molecule has 0 bridgehead atoms. The summed E-state index contributed by atoms with van der Waals surface area (Å²) in [6.45, 7) is 14.2. The van der Waals surface area contributed by atoms with Crippen molar-refractivity contribution in [3.05, 3.63) is 46.5 Å². The van der Waals surface area contributed by atoms with Crippen molar-refractivity contribution in [2.24, 2.45) is 0 Å². The molecule has 0 fully saturated rings. The van der Waals surface area contributed by atoms with Gasteiger partial charge in [0.15, 0.2) is 5.52 Å². The summed E-state index contributed by atoms with van der Waals surface area (Å²) >= 11 is 6.38. The fraction of sp³-hybridized carbons (Fsp3) is 0.500. The summed E-state index contributed by atoms with van der Waals surface area (Å²) in [5.74, 6) is 1.95. The van der Waals surface area contributed by atoms with Crippen molar-refractivity contribution in [3.8, 4) is 17.2 Å². The van der Waals surface area contributed by atoms with Crippen LogP contribution in [0.1, 0.15) is 76.7 Å². The monoisotopic (exact) mass is 486 g/mol. The van der Waals surface area contributed by atoms with Crippen LogP contribution in [0.4, 0.5) is 0 Å². The number of halogens is 1. The van der Waals surface area contributed by atoms with Crippen molar-refractivity contribution >= 4 is 49.9 Å². The van der Waals surface area contributed by atoms with Crippen LogP contribution in [0.25, 0.3) is 0 Å². The van der Waals surface area contributed by atoms with Crippen LogP contribution in [0.3, 0.4) is 0 Å². The Bertz CT molecular complexity index is 868. The number of hydrogen-bond acceptors (Lipinski definition) is 4. The van der Waals surface area contributed by atoms with Crippen LogP contribution in [-0.2, 0) is 0 Å². The third-order valence-corrected chi connectivity index (χ3v) is 6.98. The third-order valence-electron chi connectivity index (χ3n) is 5.45. The van der Waals surface area contributed by atoms with E-state index in [0.29, 0.717) is 27.8 Å². The Balaban J connectivity index is 0.00000544. The van der Waals surface area contributed by atoms with E-state index in [1.807, 2.05) is 52.0 Å². The predicted molar refractivity (Wildman–Crippen MR) is 143 cm³/mol. The molecule has 178 valence electrons. The van der Waals surface area contributed by atoms with E-state index in [4.69, 9.17) is 25.8 Å². The number of ether oxygens (including phenoxy) is 3. The molecule has 7 heteroatoms. The molecule has 0 saturated carbocycles. The summed E-state index contributed by atoms with van der Waals surface area (Å²) < 4.78 is 18.6. The van der Waals surface area contributed by atoms with Gasteiger partial charge in [-0.05, 0) is 67.2 Å². The Labute approximate surface area is 218 Å². The molecule has 4 atom stereocenters. The van der Waals surface area contributed by atoms with Crippen LogP contribution in [0.2, 0.25) is 5.02 Å². The number of carbonyl (C=O) groups is 1. The molecule has 4 unspecified atom stereocenters. The van der Waals surface area contributed by atoms with Crippen molar-refractivity contribution in [3.63, 3.8) is 0 Å². The first-order chi connectivity index (χ1) is 15.2. The second-order valence-electron chi connectivity index (χ2n) is 8.19. The molecule has 0 amide bonds. The first kappa shape index (κ1) is 29.9. The topological polar surface area (TPSA) is 44.8 Å². The fourth-order valence-electron chi connectivity index (χ4n) is 2.95. The molecule has 0 aromatic heterocycles. The summed E-state index contributed by atoms with van der Waals surface area (Å²) in [4.78, 5) is 13.4. The maximum atomic E-state index is 13.4. The first-order valence-electron chi connectivity index (χ1n) is 11.4. The molecule has 0 spiro atoms. The van der Waals surface area contributed by atoms with Gasteiger partial charge in [-0.3, -0.25) is 4.79 Å². The molecule has 2 rings (SSSR count). The van der Waals surface area contributed by atoms with Gasteiger partial charge in [-0.2, -0.15) is 0 Å². The average molecular weight is 487 g/mol. The van der Waals surface area contributed by atoms with Gasteiger partial charge in [-0.15, -0.1) is 0 Å². The molecule has 0 heterocycles. The van der Waals surface area contributed by atoms with E-state index in [1.165, 1.54) is 0 Å². The van der Waals surface area contributed by atoms with E-state index in [1.54, 1.807) is 6.07 Å². The zero-order valence-corrected chi connectivity index (χ0v) is 22.0. The summed E-state index contributed by atoms with van der Waals surface area (Å²) in [7, 11) is -0.188. The molecule has 0 aliphatic heterocycles. The predicted octanol–water partition coefficient (Wildman–Crippen LogP) is 6.68. The van der Waals surface area contributed by atoms with Crippen molar-refractivity contribution in [1.29, 1.82) is 0 Å². The van der Waals surface area contributed by atoms with Gasteiger partial charge in [0.1, 0.15) is 17.2 Å². The number of hydrogen-bond donors (Lipinski definition) is 0. The second-order valence-corrected chi connectivity index (χ2v) is 9.80. The molecule has 2 aromatic rings. The molecule has 33 heavy (non-hydrogen) atoms. The standard InChI is InChI=1S/C26H36ClO4P.Li.H/c1-8-17(5)29-20-14-22(30-18(6)9-2)25(23(15-20)31-19(7)10-3)32-26(28)24-16(4)12-11-13-21(24)27;;/h11-15,17-19,32H,8-10H2,1-7H3;;. The van der Waals surface area contributed by atoms with Crippen molar-refractivity contribution in [2.75, 3.05) is 0 Å². The zero-order valence-electron chi connectivity index (χ0n) is 20.3. The normalized spacial score (nSPS) is 13.8. The molecule has 0 saturated heterocycles. The van der Waals surface area contributed by atoms with Crippen LogP contribution in [0, 0.1) is 6.92 Å². The van der Waals surface area contributed by atoms with E-state index in [0.717, 1.165) is 30.1 Å². The zero-order chi connectivity index (χ0) is 23.8. The van der Waals surface area contributed by atoms with Gasteiger partial charge < -0.3 is 14.2 Å². The van der Waals surface area contributed by atoms with Crippen LogP contribution < -0.4 is 19.5 Å². The Morgan fingerprint density at radius 3 is 1.85 bits per heavy atom. The second kappa shape index (κ2) is 14.3. The van der Waals surface area contributed by atoms with E-state index >= 15 is 0 Å². The summed E-state index contributed by atoms with van der Waals surface area (Å²) in [6.07, 6.45) is 2.62. The molecular formula is C26H37ClLiO4P. The summed E-state index contributed by atoms with van der Waals surface area (Å²) in [5, 5.41) is 1.22. The number of rotatable bonds is 12. The van der Waals surface area contributed by atoms with E-state index in [2.05, 4.69) is 20.8 Å². The van der Waals surface area contributed by atoms with Crippen molar-refractivity contribution in [2.45, 2.75) is 86.0 Å². The third kappa shape index (κ3) is 8.52. The molecule has 4 nitrogen and oxygen atoms in total. The van der Waals surface area contributed by atoms with Gasteiger partial charge in [0.2, 0.25) is 0 Å². The molecule has 0 radical (unpaired) electrons. The van der Waals surface area contributed by atoms with Crippen LogP contribution in [0.5, 0.6) is 17.2 Å². The van der Waals surface area contributed by atoms with E-state index < -0.39 is 0 Å². The van der Waals surface area contributed by atoms with Crippen LogP contribution in [-0.4, -0.2) is 42.7 Å². The van der Waals surface area contributed by atoms with Gasteiger partial charge in [-0.1, -0.05) is 44.5 Å². The van der Waals surface area contributed by atoms with Gasteiger partial charge >= 0.3 is 18.9 Å². The van der Waals surface area contributed by atoms with Gasteiger partial charge in [0, 0.05) is 17.7 Å². The minimum atomic E-state index is -0.188. The minimum absolute atomic E-state index is 0. The summed E-state index contributed by atoms with van der Waals surface area (Å²) in [6, 6.07) is 9.28. The molecular weight excluding hydrogens is 450 g/mol. The quantitative estimate of drug-likeness (QED) is 0.248. The maximum absolute atomic E-state index is 13.4. The summed E-state index contributed by atoms with van der Waals surface area (Å²) in [5.41, 5.74) is 1.38. The van der Waals surface area contributed by atoms with Gasteiger partial charge in [-0.25, -0.2) is 0 Å². The molecule has 0 aliphatic carbocycles. The van der Waals surface area contributed by atoms with E-state index in [-0.39, 0.29) is 51.3 Å². The van der Waals surface area contributed by atoms with Crippen molar-refractivity contribution < 1.29 is 19.0 Å². The first-order valence-corrected chi connectivity index (χ1v) is 12.8. The Kier molecular flexibility index (Phi) is 12.9. The SMILES string of the molecule is CCC(C)Oc1cc(OC(C)CC)c(PC(=O)c2c(C)cccc2Cl)c(OC(C)CC)c1.[LiH]. The Morgan fingerprint density at radius 1 is 0.909 bits per heavy atom. The molecule has 0 aliphatic rings. The van der Waals surface area contributed by atoms with E-state index in [9.17, 15) is 4.79 Å². The van der Waals surface area contributed by atoms with Crippen molar-refractivity contribution in [1.82, 2.24) is 0 Å². The Morgan fingerprint density at radius 2 is 1.39 bits per heavy atom. The number of benzene rings is 2. The number of aryl methyl sites for hydroxylation is 1. The number of carbonyl (C=O) groups excluding carboxylic acids is 1. The fourth-order valence-corrected chi connectivity index (χ4v) is 4.53. The molecule has 2 aromatic carbocycles. The van der Waals surface area contributed by atoms with Gasteiger partial charge in [0.05, 0.1) is 28.6 Å². The van der Waals surface area contributed by atoms with Gasteiger partial charge in [0.25, 0.3) is 0 Å².